The molecule has 0 aromatic heterocycles. The van der Waals surface area contributed by atoms with Crippen LogP contribution in [0.5, 0.6) is 5.75 Å². The fourth-order valence-electron chi connectivity index (χ4n) is 3.84. The van der Waals surface area contributed by atoms with Gasteiger partial charge in [0, 0.05) is 44.8 Å². The smallest absolute Gasteiger partial charge is 0.322 e. The summed E-state index contributed by atoms with van der Waals surface area (Å²) in [4.78, 5) is 28.3. The normalized spacial score (nSPS) is 18.6. The third-order valence-electron chi connectivity index (χ3n) is 5.20. The first kappa shape index (κ1) is 18.5. The summed E-state index contributed by atoms with van der Waals surface area (Å²) in [7, 11) is 1.56. The van der Waals surface area contributed by atoms with Gasteiger partial charge in [0.2, 0.25) is 5.91 Å². The van der Waals surface area contributed by atoms with Crippen molar-refractivity contribution >= 4 is 23.3 Å². The fourth-order valence-corrected chi connectivity index (χ4v) is 3.84. The van der Waals surface area contributed by atoms with Gasteiger partial charge >= 0.3 is 6.03 Å². The molecule has 2 aliphatic rings. The Bertz CT molecular complexity index is 650. The third kappa shape index (κ3) is 4.46. The predicted molar refractivity (Wildman–Crippen MR) is 102 cm³/mol. The monoisotopic (exact) mass is 360 g/mol. The molecule has 26 heavy (non-hydrogen) atoms. The van der Waals surface area contributed by atoms with Gasteiger partial charge in [-0.3, -0.25) is 9.69 Å². The van der Waals surface area contributed by atoms with E-state index in [0.29, 0.717) is 23.2 Å². The first-order chi connectivity index (χ1) is 12.6. The number of carbonyl (C=O) groups excluding carboxylic acids is 2. The van der Waals surface area contributed by atoms with Crippen molar-refractivity contribution in [1.82, 2.24) is 9.80 Å². The molecule has 3 rings (SSSR count). The predicted octanol–water partition coefficient (Wildman–Crippen LogP) is 2.75. The second kappa shape index (κ2) is 8.40. The van der Waals surface area contributed by atoms with Gasteiger partial charge in [-0.2, -0.15) is 0 Å². The molecule has 1 aromatic rings. The number of methoxy groups -OCH3 is 1. The summed E-state index contributed by atoms with van der Waals surface area (Å²) in [6, 6.07) is 5.77. The second-order valence-corrected chi connectivity index (χ2v) is 6.99. The molecule has 0 atom stereocenters. The fraction of sp³-hybridized carbons (Fsp3) is 0.579. The second-order valence-electron chi connectivity index (χ2n) is 6.99. The molecule has 142 valence electrons. The molecule has 3 amide bonds. The van der Waals surface area contributed by atoms with Crippen molar-refractivity contribution in [2.45, 2.75) is 38.6 Å². The van der Waals surface area contributed by atoms with E-state index in [-0.39, 0.29) is 11.9 Å². The Hall–Kier alpha value is -2.28. The molecule has 7 heteroatoms. The van der Waals surface area contributed by atoms with Crippen LogP contribution >= 0.6 is 0 Å². The highest BCUT2D eigenvalue weighted by molar-refractivity contribution is 5.94. The number of rotatable bonds is 4. The highest BCUT2D eigenvalue weighted by atomic mass is 16.5. The lowest BCUT2D eigenvalue weighted by molar-refractivity contribution is -0.114. The van der Waals surface area contributed by atoms with Crippen LogP contribution in [-0.4, -0.2) is 61.1 Å². The van der Waals surface area contributed by atoms with Gasteiger partial charge in [-0.15, -0.1) is 0 Å². The average molecular weight is 360 g/mol. The standard InChI is InChI=1S/C19H28N4O3/c1-14(24)20-15-7-8-18(26-2)17(13-15)21-19(25)23-11-9-22(10-12-23)16-5-3-4-6-16/h7-8,13,16H,3-6,9-12H2,1-2H3,(H,20,24)(H,21,25). The minimum absolute atomic E-state index is 0.130. The topological polar surface area (TPSA) is 73.9 Å². The van der Waals surface area contributed by atoms with E-state index in [9.17, 15) is 9.59 Å². The van der Waals surface area contributed by atoms with E-state index in [4.69, 9.17) is 4.74 Å². The van der Waals surface area contributed by atoms with Gasteiger partial charge in [0.05, 0.1) is 12.8 Å². The Morgan fingerprint density at radius 2 is 1.77 bits per heavy atom. The van der Waals surface area contributed by atoms with Gasteiger partial charge in [0.1, 0.15) is 5.75 Å². The van der Waals surface area contributed by atoms with Crippen LogP contribution in [0.25, 0.3) is 0 Å². The maximum Gasteiger partial charge on any atom is 0.322 e. The zero-order valence-corrected chi connectivity index (χ0v) is 15.6. The van der Waals surface area contributed by atoms with Crippen LogP contribution < -0.4 is 15.4 Å². The van der Waals surface area contributed by atoms with E-state index in [1.807, 2.05) is 4.90 Å². The summed E-state index contributed by atoms with van der Waals surface area (Å²) in [6.07, 6.45) is 5.24. The van der Waals surface area contributed by atoms with Crippen LogP contribution in [0, 0.1) is 0 Å². The quantitative estimate of drug-likeness (QED) is 0.866. The molecule has 0 unspecified atom stereocenters. The number of nitrogens with one attached hydrogen (secondary N) is 2. The van der Waals surface area contributed by atoms with Crippen LogP contribution in [0.4, 0.5) is 16.2 Å². The highest BCUT2D eigenvalue weighted by Gasteiger charge is 2.28. The lowest BCUT2D eigenvalue weighted by Crippen LogP contribution is -2.52. The van der Waals surface area contributed by atoms with Gasteiger partial charge < -0.3 is 20.3 Å². The van der Waals surface area contributed by atoms with Crippen molar-refractivity contribution in [2.75, 3.05) is 43.9 Å². The number of amides is 3. The van der Waals surface area contributed by atoms with Gasteiger partial charge in [-0.25, -0.2) is 4.79 Å². The number of nitrogens with zero attached hydrogens (tertiary/aromatic N) is 2. The molecule has 1 aliphatic heterocycles. The Kier molecular flexibility index (Phi) is 5.98. The molecular formula is C19H28N4O3. The van der Waals surface area contributed by atoms with Crippen LogP contribution in [0.2, 0.25) is 0 Å². The molecule has 1 saturated heterocycles. The molecule has 0 radical (unpaired) electrons. The number of hydrogen-bond donors (Lipinski definition) is 2. The van der Waals surface area contributed by atoms with Crippen molar-refractivity contribution < 1.29 is 14.3 Å². The van der Waals surface area contributed by atoms with E-state index >= 15 is 0 Å². The Morgan fingerprint density at radius 1 is 1.08 bits per heavy atom. The third-order valence-corrected chi connectivity index (χ3v) is 5.20. The van der Waals surface area contributed by atoms with Gasteiger partial charge in [0.25, 0.3) is 0 Å². The van der Waals surface area contributed by atoms with Crippen molar-refractivity contribution in [3.05, 3.63) is 18.2 Å². The molecule has 0 bridgehead atoms. The molecular weight excluding hydrogens is 332 g/mol. The average Bonchev–Trinajstić information content (AvgIpc) is 3.16. The minimum atomic E-state index is -0.157. The number of ether oxygens (including phenoxy) is 1. The first-order valence-electron chi connectivity index (χ1n) is 9.32. The Labute approximate surface area is 154 Å². The van der Waals surface area contributed by atoms with Crippen LogP contribution in [0.15, 0.2) is 18.2 Å². The van der Waals surface area contributed by atoms with E-state index in [1.165, 1.54) is 32.6 Å². The van der Waals surface area contributed by atoms with E-state index in [1.54, 1.807) is 25.3 Å². The molecule has 1 saturated carbocycles. The number of urea groups is 1. The largest absolute Gasteiger partial charge is 0.495 e. The van der Waals surface area contributed by atoms with E-state index in [2.05, 4.69) is 15.5 Å². The number of anilines is 2. The van der Waals surface area contributed by atoms with Crippen molar-refractivity contribution in [3.63, 3.8) is 0 Å². The molecule has 2 fully saturated rings. The van der Waals surface area contributed by atoms with E-state index in [0.717, 1.165) is 26.2 Å². The van der Waals surface area contributed by atoms with Gasteiger partial charge in [0.15, 0.2) is 0 Å². The van der Waals surface area contributed by atoms with Crippen LogP contribution in [-0.2, 0) is 4.79 Å². The number of hydrogen-bond acceptors (Lipinski definition) is 4. The number of benzene rings is 1. The summed E-state index contributed by atoms with van der Waals surface area (Å²) in [5.41, 5.74) is 1.18. The molecule has 7 nitrogen and oxygen atoms in total. The van der Waals surface area contributed by atoms with Crippen LogP contribution in [0.1, 0.15) is 32.6 Å². The Morgan fingerprint density at radius 3 is 2.38 bits per heavy atom. The highest BCUT2D eigenvalue weighted by Crippen LogP contribution is 2.29. The zero-order valence-electron chi connectivity index (χ0n) is 15.6. The molecule has 1 aliphatic carbocycles. The summed E-state index contributed by atoms with van der Waals surface area (Å²) in [6.45, 7) is 4.78. The number of carbonyl (C=O) groups is 2. The van der Waals surface area contributed by atoms with Gasteiger partial charge in [-0.05, 0) is 31.0 Å². The SMILES string of the molecule is COc1ccc(NC(C)=O)cc1NC(=O)N1CCN(C2CCCC2)CC1. The lowest BCUT2D eigenvalue weighted by Gasteiger charge is -2.38. The molecule has 1 aromatic carbocycles. The molecule has 2 N–H and O–H groups in total. The lowest BCUT2D eigenvalue weighted by atomic mass is 10.2. The summed E-state index contributed by atoms with van der Waals surface area (Å²) in [5.74, 6) is 0.410. The van der Waals surface area contributed by atoms with E-state index < -0.39 is 0 Å². The molecule has 0 spiro atoms. The summed E-state index contributed by atoms with van der Waals surface area (Å²) >= 11 is 0. The number of piperazine rings is 1. The maximum absolute atomic E-state index is 12.7. The van der Waals surface area contributed by atoms with Crippen LogP contribution in [0.3, 0.4) is 0 Å². The molecule has 1 heterocycles. The zero-order chi connectivity index (χ0) is 18.5. The minimum Gasteiger partial charge on any atom is -0.495 e. The van der Waals surface area contributed by atoms with Crippen molar-refractivity contribution in [3.8, 4) is 5.75 Å². The van der Waals surface area contributed by atoms with Crippen molar-refractivity contribution in [1.29, 1.82) is 0 Å². The summed E-state index contributed by atoms with van der Waals surface area (Å²) in [5, 5.41) is 5.64. The summed E-state index contributed by atoms with van der Waals surface area (Å²) < 4.78 is 5.32. The Balaban J connectivity index is 1.59. The van der Waals surface area contributed by atoms with Crippen molar-refractivity contribution in [2.24, 2.45) is 0 Å². The maximum atomic E-state index is 12.7. The van der Waals surface area contributed by atoms with Gasteiger partial charge in [-0.1, -0.05) is 12.8 Å². The first-order valence-corrected chi connectivity index (χ1v) is 9.32.